The Balaban J connectivity index is 1.79. The second-order valence-electron chi connectivity index (χ2n) is 5.85. The summed E-state index contributed by atoms with van der Waals surface area (Å²) in [7, 11) is 0. The molecule has 0 atom stereocenters. The number of aryl methyl sites for hydroxylation is 1. The molecule has 1 fully saturated rings. The molecule has 1 heterocycles. The van der Waals surface area contributed by atoms with E-state index in [9.17, 15) is 0 Å². The zero-order chi connectivity index (χ0) is 12.1. The molecule has 94 valence electrons. The van der Waals surface area contributed by atoms with Gasteiger partial charge in [-0.25, -0.2) is 0 Å². The molecule has 0 bridgehead atoms. The minimum absolute atomic E-state index is 0.523. The lowest BCUT2D eigenvalue weighted by Gasteiger charge is -2.33. The molecule has 0 aliphatic heterocycles. The highest BCUT2D eigenvalue weighted by Gasteiger charge is 2.25. The lowest BCUT2D eigenvalue weighted by atomic mass is 9.76. The molecule has 17 heavy (non-hydrogen) atoms. The van der Waals surface area contributed by atoms with E-state index in [4.69, 9.17) is 0 Å². The smallest absolute Gasteiger partial charge is 0.0313 e. The first kappa shape index (κ1) is 12.6. The van der Waals surface area contributed by atoms with Crippen molar-refractivity contribution in [1.29, 1.82) is 0 Å². The number of nitrogens with one attached hydrogen (secondary N) is 1. The van der Waals surface area contributed by atoms with Crippen LogP contribution >= 0.6 is 0 Å². The zero-order valence-corrected chi connectivity index (χ0v) is 11.1. The summed E-state index contributed by atoms with van der Waals surface area (Å²) in [6.45, 7) is 6.61. The van der Waals surface area contributed by atoms with Gasteiger partial charge in [0.25, 0.3) is 0 Å². The normalized spacial score (nSPS) is 19.2. The van der Waals surface area contributed by atoms with Crippen LogP contribution in [0.25, 0.3) is 0 Å². The summed E-state index contributed by atoms with van der Waals surface area (Å²) in [4.78, 5) is 4.23. The van der Waals surface area contributed by atoms with Gasteiger partial charge in [0.1, 0.15) is 0 Å². The summed E-state index contributed by atoms with van der Waals surface area (Å²) < 4.78 is 0. The van der Waals surface area contributed by atoms with Crippen molar-refractivity contribution in [3.8, 4) is 0 Å². The predicted octanol–water partition coefficient (Wildman–Crippen LogP) is 3.45. The van der Waals surface area contributed by atoms with Gasteiger partial charge in [-0.15, -0.1) is 0 Å². The molecule has 0 amide bonds. The maximum atomic E-state index is 4.23. The molecule has 2 nitrogen and oxygen atoms in total. The maximum Gasteiger partial charge on any atom is 0.0313 e. The number of rotatable bonds is 4. The van der Waals surface area contributed by atoms with Gasteiger partial charge in [0.2, 0.25) is 0 Å². The van der Waals surface area contributed by atoms with E-state index in [1.54, 1.807) is 0 Å². The average molecular weight is 232 g/mol. The maximum absolute atomic E-state index is 4.23. The molecule has 1 aromatic heterocycles. The van der Waals surface area contributed by atoms with Crippen molar-refractivity contribution in [2.45, 2.75) is 52.5 Å². The van der Waals surface area contributed by atoms with Crippen molar-refractivity contribution in [3.63, 3.8) is 0 Å². The van der Waals surface area contributed by atoms with Crippen molar-refractivity contribution in [2.75, 3.05) is 6.54 Å². The first-order valence-corrected chi connectivity index (χ1v) is 6.79. The van der Waals surface area contributed by atoms with Crippen LogP contribution in [-0.2, 0) is 6.54 Å². The Bertz CT molecular complexity index is 354. The quantitative estimate of drug-likeness (QED) is 0.860. The number of hydrogen-bond acceptors (Lipinski definition) is 2. The summed E-state index contributed by atoms with van der Waals surface area (Å²) in [5.41, 5.74) is 3.06. The molecule has 1 aliphatic carbocycles. The van der Waals surface area contributed by atoms with Crippen LogP contribution in [0.3, 0.4) is 0 Å². The number of nitrogens with zero attached hydrogens (tertiary/aromatic N) is 1. The third-order valence-electron chi connectivity index (χ3n) is 3.87. The number of hydrogen-bond donors (Lipinski definition) is 1. The highest BCUT2D eigenvalue weighted by atomic mass is 14.9. The number of pyridine rings is 1. The molecule has 0 radical (unpaired) electrons. The zero-order valence-electron chi connectivity index (χ0n) is 11.1. The van der Waals surface area contributed by atoms with Crippen LogP contribution in [0.15, 0.2) is 18.5 Å². The van der Waals surface area contributed by atoms with E-state index >= 15 is 0 Å². The molecular formula is C15H24N2. The Labute approximate surface area is 105 Å². The summed E-state index contributed by atoms with van der Waals surface area (Å²) in [5.74, 6) is 0. The van der Waals surface area contributed by atoms with Crippen LogP contribution in [0.4, 0.5) is 0 Å². The van der Waals surface area contributed by atoms with Crippen LogP contribution in [0.2, 0.25) is 0 Å². The molecule has 1 aromatic rings. The highest BCUT2D eigenvalue weighted by Crippen LogP contribution is 2.34. The second kappa shape index (κ2) is 5.63. The SMILES string of the molecule is Cc1cncc(CNCC2(C)CCCCC2)c1. The van der Waals surface area contributed by atoms with Gasteiger partial charge in [-0.1, -0.05) is 32.3 Å². The molecule has 1 aliphatic rings. The summed E-state index contributed by atoms with van der Waals surface area (Å²) >= 11 is 0. The summed E-state index contributed by atoms with van der Waals surface area (Å²) in [6.07, 6.45) is 10.9. The van der Waals surface area contributed by atoms with Gasteiger partial charge in [-0.05, 0) is 36.3 Å². The molecule has 2 rings (SSSR count). The third kappa shape index (κ3) is 3.81. The Morgan fingerprint density at radius 3 is 2.71 bits per heavy atom. The molecular weight excluding hydrogens is 208 g/mol. The van der Waals surface area contributed by atoms with E-state index in [1.807, 2.05) is 12.4 Å². The molecule has 0 aromatic carbocycles. The van der Waals surface area contributed by atoms with Crippen LogP contribution in [0.5, 0.6) is 0 Å². The van der Waals surface area contributed by atoms with Crippen molar-refractivity contribution >= 4 is 0 Å². The predicted molar refractivity (Wildman–Crippen MR) is 71.9 cm³/mol. The highest BCUT2D eigenvalue weighted by molar-refractivity contribution is 5.16. The Morgan fingerprint density at radius 2 is 2.00 bits per heavy atom. The fourth-order valence-electron chi connectivity index (χ4n) is 2.80. The van der Waals surface area contributed by atoms with Gasteiger partial charge in [0.15, 0.2) is 0 Å². The van der Waals surface area contributed by atoms with Gasteiger partial charge in [-0.3, -0.25) is 4.98 Å². The lowest BCUT2D eigenvalue weighted by molar-refractivity contribution is 0.207. The summed E-state index contributed by atoms with van der Waals surface area (Å²) in [6, 6.07) is 2.21. The topological polar surface area (TPSA) is 24.9 Å². The Kier molecular flexibility index (Phi) is 4.16. The minimum atomic E-state index is 0.523. The minimum Gasteiger partial charge on any atom is -0.312 e. The first-order valence-electron chi connectivity index (χ1n) is 6.79. The molecule has 0 saturated heterocycles. The van der Waals surface area contributed by atoms with Crippen molar-refractivity contribution < 1.29 is 0 Å². The summed E-state index contributed by atoms with van der Waals surface area (Å²) in [5, 5.41) is 3.60. The van der Waals surface area contributed by atoms with Gasteiger partial charge >= 0.3 is 0 Å². The first-order chi connectivity index (χ1) is 8.18. The largest absolute Gasteiger partial charge is 0.312 e. The Morgan fingerprint density at radius 1 is 1.24 bits per heavy atom. The Hall–Kier alpha value is -0.890. The van der Waals surface area contributed by atoms with Crippen LogP contribution < -0.4 is 5.32 Å². The molecule has 0 spiro atoms. The van der Waals surface area contributed by atoms with Crippen molar-refractivity contribution in [3.05, 3.63) is 29.6 Å². The standard InChI is InChI=1S/C15H24N2/c1-13-8-14(10-16-9-13)11-17-12-15(2)6-4-3-5-7-15/h8-10,17H,3-7,11-12H2,1-2H3. The molecule has 1 saturated carbocycles. The van der Waals surface area contributed by atoms with Crippen LogP contribution in [-0.4, -0.2) is 11.5 Å². The van der Waals surface area contributed by atoms with Crippen molar-refractivity contribution in [1.82, 2.24) is 10.3 Å². The number of aromatic nitrogens is 1. The van der Waals surface area contributed by atoms with E-state index in [0.717, 1.165) is 13.1 Å². The van der Waals surface area contributed by atoms with Gasteiger partial charge in [0.05, 0.1) is 0 Å². The van der Waals surface area contributed by atoms with Gasteiger partial charge in [-0.2, -0.15) is 0 Å². The van der Waals surface area contributed by atoms with E-state index < -0.39 is 0 Å². The fraction of sp³-hybridized carbons (Fsp3) is 0.667. The lowest BCUT2D eigenvalue weighted by Crippen LogP contribution is -2.33. The monoisotopic (exact) mass is 232 g/mol. The average Bonchev–Trinajstić information content (AvgIpc) is 2.30. The van der Waals surface area contributed by atoms with Crippen molar-refractivity contribution in [2.24, 2.45) is 5.41 Å². The van der Waals surface area contributed by atoms with Gasteiger partial charge < -0.3 is 5.32 Å². The van der Waals surface area contributed by atoms with E-state index in [0.29, 0.717) is 5.41 Å². The molecule has 2 heteroatoms. The van der Waals surface area contributed by atoms with E-state index in [1.165, 1.54) is 43.2 Å². The molecule has 0 unspecified atom stereocenters. The fourth-order valence-corrected chi connectivity index (χ4v) is 2.80. The molecule has 1 N–H and O–H groups in total. The van der Waals surface area contributed by atoms with E-state index in [-0.39, 0.29) is 0 Å². The van der Waals surface area contributed by atoms with Crippen LogP contribution in [0.1, 0.15) is 50.2 Å². The van der Waals surface area contributed by atoms with Gasteiger partial charge in [0, 0.05) is 25.5 Å². The third-order valence-corrected chi connectivity index (χ3v) is 3.87. The van der Waals surface area contributed by atoms with Crippen LogP contribution in [0, 0.1) is 12.3 Å². The second-order valence-corrected chi connectivity index (χ2v) is 5.85. The van der Waals surface area contributed by atoms with E-state index in [2.05, 4.69) is 30.2 Å².